The summed E-state index contributed by atoms with van der Waals surface area (Å²) in [5.74, 6) is 0.230. The molecule has 0 bridgehead atoms. The Balaban J connectivity index is 1.32. The lowest BCUT2D eigenvalue weighted by Crippen LogP contribution is -2.35. The van der Waals surface area contributed by atoms with Crippen molar-refractivity contribution in [2.75, 3.05) is 38.6 Å². The van der Waals surface area contributed by atoms with Gasteiger partial charge in [-0.3, -0.25) is 9.69 Å². The number of amides is 1. The minimum absolute atomic E-state index is 0.103. The zero-order chi connectivity index (χ0) is 23.0. The Kier molecular flexibility index (Phi) is 7.35. The average molecular weight is 445 g/mol. The van der Waals surface area contributed by atoms with E-state index in [4.69, 9.17) is 10.5 Å². The van der Waals surface area contributed by atoms with Crippen LogP contribution < -0.4 is 11.1 Å². The van der Waals surface area contributed by atoms with Crippen molar-refractivity contribution in [1.29, 1.82) is 5.26 Å². The van der Waals surface area contributed by atoms with Crippen LogP contribution in [0.2, 0.25) is 0 Å². The number of nitrogens with one attached hydrogen (secondary N) is 1. The smallest absolute Gasteiger partial charge is 0.251 e. The second kappa shape index (κ2) is 10.8. The number of anilines is 1. The molecule has 1 saturated heterocycles. The molecule has 170 valence electrons. The Labute approximate surface area is 193 Å². The summed E-state index contributed by atoms with van der Waals surface area (Å²) >= 11 is 0. The van der Waals surface area contributed by atoms with Crippen molar-refractivity contribution < 1.29 is 9.53 Å². The predicted molar refractivity (Wildman–Crippen MR) is 126 cm³/mol. The zero-order valence-corrected chi connectivity index (χ0v) is 18.5. The summed E-state index contributed by atoms with van der Waals surface area (Å²) in [6.45, 7) is 4.62. The van der Waals surface area contributed by atoms with Crippen molar-refractivity contribution in [1.82, 2.24) is 20.0 Å². The van der Waals surface area contributed by atoms with E-state index in [2.05, 4.69) is 21.4 Å². The number of ether oxygens (including phenoxy) is 1. The Hall–Kier alpha value is -3.67. The van der Waals surface area contributed by atoms with Crippen LogP contribution in [0.15, 0.2) is 54.6 Å². The minimum atomic E-state index is -0.103. The highest BCUT2D eigenvalue weighted by atomic mass is 16.5. The number of aromatic nitrogens is 2. The van der Waals surface area contributed by atoms with Crippen molar-refractivity contribution >= 4 is 11.7 Å². The van der Waals surface area contributed by atoms with Gasteiger partial charge >= 0.3 is 0 Å². The third-order valence-electron chi connectivity index (χ3n) is 5.68. The fourth-order valence-electron chi connectivity index (χ4n) is 3.93. The van der Waals surface area contributed by atoms with Crippen LogP contribution in [0.1, 0.15) is 33.6 Å². The summed E-state index contributed by atoms with van der Waals surface area (Å²) < 4.78 is 6.98. The van der Waals surface area contributed by atoms with E-state index in [1.807, 2.05) is 54.6 Å². The molecule has 1 aromatic heterocycles. The molecule has 0 saturated carbocycles. The lowest BCUT2D eigenvalue weighted by molar-refractivity contribution is 0.0342. The van der Waals surface area contributed by atoms with Gasteiger partial charge in [0.2, 0.25) is 0 Å². The van der Waals surface area contributed by atoms with Crippen LogP contribution in [0.3, 0.4) is 0 Å². The van der Waals surface area contributed by atoms with E-state index >= 15 is 0 Å². The number of carbonyl (C=O) groups is 1. The van der Waals surface area contributed by atoms with Gasteiger partial charge < -0.3 is 15.8 Å². The number of morpholine rings is 1. The highest BCUT2D eigenvalue weighted by molar-refractivity contribution is 5.94. The van der Waals surface area contributed by atoms with Crippen LogP contribution >= 0.6 is 0 Å². The number of hydrogen-bond donors (Lipinski definition) is 2. The summed E-state index contributed by atoms with van der Waals surface area (Å²) in [7, 11) is 0. The summed E-state index contributed by atoms with van der Waals surface area (Å²) in [5, 5.41) is 17.0. The van der Waals surface area contributed by atoms with Gasteiger partial charge in [0, 0.05) is 31.7 Å². The van der Waals surface area contributed by atoms with E-state index in [0.29, 0.717) is 42.0 Å². The van der Waals surface area contributed by atoms with E-state index in [1.165, 1.54) is 0 Å². The van der Waals surface area contributed by atoms with Crippen LogP contribution in [0.25, 0.3) is 5.69 Å². The number of nitrogens with zero attached hydrogens (tertiary/aromatic N) is 4. The topological polar surface area (TPSA) is 109 Å². The van der Waals surface area contributed by atoms with Crippen LogP contribution in [0, 0.1) is 11.3 Å². The maximum atomic E-state index is 12.6. The number of hydrogen-bond acceptors (Lipinski definition) is 6. The molecule has 0 unspecified atom stereocenters. The van der Waals surface area contributed by atoms with Crippen molar-refractivity contribution in [3.63, 3.8) is 0 Å². The molecule has 2 heterocycles. The summed E-state index contributed by atoms with van der Waals surface area (Å²) in [4.78, 5) is 15.0. The van der Waals surface area contributed by atoms with E-state index in [9.17, 15) is 10.1 Å². The maximum absolute atomic E-state index is 12.6. The number of nitrogens with two attached hydrogens (primary N) is 1. The average Bonchev–Trinajstić information content (AvgIpc) is 3.18. The number of rotatable bonds is 8. The first kappa shape index (κ1) is 22.5. The molecule has 3 N–H and O–H groups in total. The Morgan fingerprint density at radius 1 is 1.15 bits per heavy atom. The molecule has 4 rings (SSSR count). The van der Waals surface area contributed by atoms with Crippen LogP contribution in [0.5, 0.6) is 0 Å². The molecule has 0 spiro atoms. The monoisotopic (exact) mass is 444 g/mol. The van der Waals surface area contributed by atoms with E-state index in [-0.39, 0.29) is 5.91 Å². The van der Waals surface area contributed by atoms with Crippen molar-refractivity contribution in [3.8, 4) is 11.8 Å². The second-order valence-electron chi connectivity index (χ2n) is 8.01. The predicted octanol–water partition coefficient (Wildman–Crippen LogP) is 2.52. The SMILES string of the molecule is N#Cc1c(CCCNC(=O)c2cccc(CN3CCOCC3)c2)nn(-c2ccccc2)c1N. The molecule has 2 aromatic carbocycles. The summed E-state index contributed by atoms with van der Waals surface area (Å²) in [5.41, 5.74) is 9.76. The Bertz CT molecular complexity index is 1130. The molecule has 33 heavy (non-hydrogen) atoms. The molecule has 8 nitrogen and oxygen atoms in total. The molecule has 3 aromatic rings. The van der Waals surface area contributed by atoms with Gasteiger partial charge in [0.25, 0.3) is 5.91 Å². The number of benzene rings is 2. The fraction of sp³-hybridized carbons (Fsp3) is 0.320. The molecule has 1 aliphatic heterocycles. The van der Waals surface area contributed by atoms with E-state index in [1.54, 1.807) is 4.68 Å². The molecule has 0 radical (unpaired) electrons. The molecule has 1 amide bonds. The zero-order valence-electron chi connectivity index (χ0n) is 18.5. The Morgan fingerprint density at radius 2 is 1.94 bits per heavy atom. The first-order valence-corrected chi connectivity index (χ1v) is 11.2. The standard InChI is InChI=1S/C25H28N6O2/c26-17-22-23(29-31(24(22)27)21-8-2-1-3-9-21)10-5-11-28-25(32)20-7-4-6-19(16-20)18-30-12-14-33-15-13-30/h1-4,6-9,16H,5,10-15,18,27H2,(H,28,32). The number of nitrogen functional groups attached to an aromatic ring is 1. The first-order chi connectivity index (χ1) is 16.2. The van der Waals surface area contributed by atoms with Crippen LogP contribution in [-0.4, -0.2) is 53.4 Å². The molecular formula is C25H28N6O2. The van der Waals surface area contributed by atoms with Crippen molar-refractivity contribution in [3.05, 3.63) is 77.0 Å². The third-order valence-corrected chi connectivity index (χ3v) is 5.68. The second-order valence-corrected chi connectivity index (χ2v) is 8.01. The largest absolute Gasteiger partial charge is 0.382 e. The highest BCUT2D eigenvalue weighted by Crippen LogP contribution is 2.21. The number of aryl methyl sites for hydroxylation is 1. The molecule has 1 aliphatic rings. The normalized spacial score (nSPS) is 14.0. The van der Waals surface area contributed by atoms with Crippen molar-refractivity contribution in [2.24, 2.45) is 0 Å². The van der Waals surface area contributed by atoms with Crippen LogP contribution in [-0.2, 0) is 17.7 Å². The van der Waals surface area contributed by atoms with Crippen LogP contribution in [0.4, 0.5) is 5.82 Å². The molecule has 0 atom stereocenters. The van der Waals surface area contributed by atoms with Gasteiger partial charge in [-0.15, -0.1) is 0 Å². The van der Waals surface area contributed by atoms with Gasteiger partial charge in [0.05, 0.1) is 24.6 Å². The van der Waals surface area contributed by atoms with Crippen molar-refractivity contribution in [2.45, 2.75) is 19.4 Å². The molecule has 1 fully saturated rings. The van der Waals surface area contributed by atoms with Gasteiger partial charge in [-0.2, -0.15) is 10.4 Å². The number of para-hydroxylation sites is 1. The van der Waals surface area contributed by atoms with Gasteiger partial charge in [0.1, 0.15) is 17.5 Å². The maximum Gasteiger partial charge on any atom is 0.251 e. The van der Waals surface area contributed by atoms with Gasteiger partial charge in [-0.1, -0.05) is 30.3 Å². The highest BCUT2D eigenvalue weighted by Gasteiger charge is 2.16. The lowest BCUT2D eigenvalue weighted by Gasteiger charge is -2.26. The number of nitriles is 1. The molecule has 0 aliphatic carbocycles. The third kappa shape index (κ3) is 5.58. The van der Waals surface area contributed by atoms with E-state index in [0.717, 1.165) is 44.1 Å². The fourth-order valence-corrected chi connectivity index (χ4v) is 3.93. The lowest BCUT2D eigenvalue weighted by atomic mass is 10.1. The van der Waals surface area contributed by atoms with E-state index < -0.39 is 0 Å². The van der Waals surface area contributed by atoms with Gasteiger partial charge in [0.15, 0.2) is 0 Å². The first-order valence-electron chi connectivity index (χ1n) is 11.2. The molecule has 8 heteroatoms. The molecular weight excluding hydrogens is 416 g/mol. The quantitative estimate of drug-likeness (QED) is 0.517. The minimum Gasteiger partial charge on any atom is -0.382 e. The number of carbonyl (C=O) groups excluding carboxylic acids is 1. The summed E-state index contributed by atoms with van der Waals surface area (Å²) in [6, 6.07) is 19.4. The van der Waals surface area contributed by atoms with Gasteiger partial charge in [-0.05, 0) is 42.7 Å². The summed E-state index contributed by atoms with van der Waals surface area (Å²) in [6.07, 6.45) is 1.20. The van der Waals surface area contributed by atoms with Gasteiger partial charge in [-0.25, -0.2) is 4.68 Å². The Morgan fingerprint density at radius 3 is 2.70 bits per heavy atom.